The van der Waals surface area contributed by atoms with Gasteiger partial charge in [0.15, 0.2) is 12.2 Å². The van der Waals surface area contributed by atoms with Gasteiger partial charge in [-0.05, 0) is 69.1 Å². The number of carbonyl (C=O) groups excluding carboxylic acids is 4. The van der Waals surface area contributed by atoms with Gasteiger partial charge in [-0.2, -0.15) is 0 Å². The molecule has 0 radical (unpaired) electrons. The zero-order chi connectivity index (χ0) is 70.9. The summed E-state index contributed by atoms with van der Waals surface area (Å²) in [6, 6.07) is 0. The van der Waals surface area contributed by atoms with Crippen LogP contribution in [0.25, 0.3) is 0 Å². The lowest BCUT2D eigenvalue weighted by molar-refractivity contribution is -0.161. The first kappa shape index (κ1) is 93.5. The monoisotopic (exact) mass is 1410 g/mol. The number of esters is 4. The van der Waals surface area contributed by atoms with Crippen molar-refractivity contribution in [2.45, 2.75) is 388 Å². The van der Waals surface area contributed by atoms with Crippen LogP contribution in [0.5, 0.6) is 0 Å². The Labute approximate surface area is 586 Å². The molecule has 0 aromatic carbocycles. The third-order valence-corrected chi connectivity index (χ3v) is 19.5. The van der Waals surface area contributed by atoms with Crippen LogP contribution in [0.1, 0.15) is 370 Å². The predicted octanol–water partition coefficient (Wildman–Crippen LogP) is 22.1. The first-order chi connectivity index (χ1) is 46.3. The second-order valence-corrected chi connectivity index (χ2v) is 31.2. The quantitative estimate of drug-likeness (QED) is 0.0169. The van der Waals surface area contributed by atoms with E-state index in [4.69, 9.17) is 37.0 Å². The highest BCUT2D eigenvalue weighted by Gasteiger charge is 2.30. The fourth-order valence-corrected chi connectivity index (χ4v) is 12.8. The van der Waals surface area contributed by atoms with Gasteiger partial charge >= 0.3 is 39.5 Å². The summed E-state index contributed by atoms with van der Waals surface area (Å²) in [7, 11) is -9.93. The van der Waals surface area contributed by atoms with Gasteiger partial charge in [0.2, 0.25) is 0 Å². The largest absolute Gasteiger partial charge is 0.472 e. The van der Waals surface area contributed by atoms with Crippen molar-refractivity contribution in [3.05, 3.63) is 24.3 Å². The molecular formula is C77H146O17P2. The average Bonchev–Trinajstić information content (AvgIpc) is 1.14. The highest BCUT2D eigenvalue weighted by Crippen LogP contribution is 2.45. The van der Waals surface area contributed by atoms with Crippen LogP contribution in [0, 0.1) is 17.8 Å². The van der Waals surface area contributed by atoms with E-state index in [0.29, 0.717) is 25.7 Å². The van der Waals surface area contributed by atoms with E-state index in [-0.39, 0.29) is 25.7 Å². The lowest BCUT2D eigenvalue weighted by atomic mass is 10.00. The maximum atomic E-state index is 13.1. The van der Waals surface area contributed by atoms with Crippen molar-refractivity contribution in [1.82, 2.24) is 0 Å². The highest BCUT2D eigenvalue weighted by atomic mass is 31.2. The number of aliphatic hydroxyl groups is 1. The minimum atomic E-state index is -4.97. The van der Waals surface area contributed by atoms with E-state index in [1.165, 1.54) is 161 Å². The molecule has 17 nitrogen and oxygen atoms in total. The van der Waals surface area contributed by atoms with Gasteiger partial charge in [0, 0.05) is 25.7 Å². The maximum Gasteiger partial charge on any atom is 0.472 e. The van der Waals surface area contributed by atoms with Gasteiger partial charge in [-0.1, -0.05) is 317 Å². The van der Waals surface area contributed by atoms with Crippen LogP contribution in [0.3, 0.4) is 0 Å². The number of unbranched alkanes of at least 4 members (excludes halogenated alkanes) is 37. The van der Waals surface area contributed by atoms with Crippen LogP contribution in [-0.4, -0.2) is 96.7 Å². The molecule has 0 amide bonds. The summed E-state index contributed by atoms with van der Waals surface area (Å²) >= 11 is 0. The molecule has 0 heterocycles. The number of carbonyl (C=O) groups is 4. The molecule has 0 rings (SSSR count). The van der Waals surface area contributed by atoms with Gasteiger partial charge in [0.05, 0.1) is 26.4 Å². The van der Waals surface area contributed by atoms with E-state index >= 15 is 0 Å². The van der Waals surface area contributed by atoms with Crippen molar-refractivity contribution < 1.29 is 80.2 Å². The van der Waals surface area contributed by atoms with Crippen molar-refractivity contribution in [3.8, 4) is 0 Å². The Morgan fingerprint density at radius 2 is 0.615 bits per heavy atom. The van der Waals surface area contributed by atoms with Crippen molar-refractivity contribution >= 4 is 39.5 Å². The molecule has 0 aliphatic rings. The summed E-state index contributed by atoms with van der Waals surface area (Å²) in [5, 5.41) is 10.6. The van der Waals surface area contributed by atoms with Gasteiger partial charge in [-0.3, -0.25) is 37.3 Å². The molecule has 6 atom stereocenters. The fourth-order valence-electron chi connectivity index (χ4n) is 11.2. The van der Waals surface area contributed by atoms with Gasteiger partial charge in [-0.25, -0.2) is 9.13 Å². The molecule has 96 heavy (non-hydrogen) atoms. The molecule has 0 aliphatic heterocycles. The van der Waals surface area contributed by atoms with E-state index in [9.17, 15) is 43.2 Å². The van der Waals surface area contributed by atoms with Gasteiger partial charge in [0.1, 0.15) is 19.3 Å². The molecule has 0 aromatic rings. The molecule has 19 heteroatoms. The maximum absolute atomic E-state index is 13.1. The summed E-state index contributed by atoms with van der Waals surface area (Å²) in [5.74, 6) is 0.135. The molecule has 0 saturated heterocycles. The van der Waals surface area contributed by atoms with Crippen LogP contribution in [0.2, 0.25) is 0 Å². The number of hydrogen-bond acceptors (Lipinski definition) is 15. The second-order valence-electron chi connectivity index (χ2n) is 28.3. The number of phosphoric acid groups is 2. The summed E-state index contributed by atoms with van der Waals surface area (Å²) in [6.07, 6.45) is 56.3. The minimum absolute atomic E-state index is 0.0849. The molecular weight excluding hydrogens is 1260 g/mol. The predicted molar refractivity (Wildman–Crippen MR) is 390 cm³/mol. The van der Waals surface area contributed by atoms with Crippen molar-refractivity contribution in [3.63, 3.8) is 0 Å². The number of aliphatic hydroxyl groups excluding tert-OH is 1. The summed E-state index contributed by atoms with van der Waals surface area (Å²) < 4.78 is 68.5. The number of allylic oxidation sites excluding steroid dienone is 4. The van der Waals surface area contributed by atoms with Crippen LogP contribution in [0.15, 0.2) is 24.3 Å². The Kier molecular flexibility index (Phi) is 65.3. The molecule has 0 fully saturated rings. The molecule has 566 valence electrons. The standard InChI is InChI=1S/C77H146O17P2/c1-8-10-11-12-13-14-15-16-18-23-26-32-37-46-53-60-76(81)93-72(64-87-74(79)58-51-44-36-31-25-22-20-17-19-21-24-29-34-41-48-55-68(3)4)66-91-95(83,84)89-62-71(78)63-90-96(85,86)92-67-73(65-88-75(80)59-52-45-40-39-43-50-57-70(7)9-2)94-77(82)61-54-47-38-33-28-27-30-35-42-49-56-69(5)6/h14-16,18,68-73,78H,8-13,17,19-67H2,1-7H3,(H,83,84)(H,85,86)/b15-14-,18-16-/t70?,71-,72-,73-/m1/s1. The minimum Gasteiger partial charge on any atom is -0.462 e. The van der Waals surface area contributed by atoms with Crippen molar-refractivity contribution in [2.24, 2.45) is 17.8 Å². The summed E-state index contributed by atoms with van der Waals surface area (Å²) in [5.41, 5.74) is 0. The van der Waals surface area contributed by atoms with Crippen LogP contribution in [-0.2, 0) is 65.4 Å². The van der Waals surface area contributed by atoms with Crippen molar-refractivity contribution in [2.75, 3.05) is 39.6 Å². The Morgan fingerprint density at radius 1 is 0.344 bits per heavy atom. The lowest BCUT2D eigenvalue weighted by Gasteiger charge is -2.21. The van der Waals surface area contributed by atoms with E-state index in [0.717, 1.165) is 127 Å². The lowest BCUT2D eigenvalue weighted by Crippen LogP contribution is -2.30. The van der Waals surface area contributed by atoms with Gasteiger partial charge < -0.3 is 33.8 Å². The van der Waals surface area contributed by atoms with Gasteiger partial charge in [0.25, 0.3) is 0 Å². The van der Waals surface area contributed by atoms with E-state index in [2.05, 4.69) is 72.8 Å². The van der Waals surface area contributed by atoms with E-state index in [1.807, 2.05) is 0 Å². The SMILES string of the molecule is CCCCCC/C=C\C=C/CCCCCCCC(=O)O[C@H](COC(=O)CCCCCCCCCCCCCCCCCC(C)C)COP(=O)(O)OC[C@@H](O)COP(=O)(O)OC[C@@H](COC(=O)CCCCCCCCC(C)CC)OC(=O)CCCCCCCCCCCCC(C)C. The molecule has 3 N–H and O–H groups in total. The topological polar surface area (TPSA) is 237 Å². The molecule has 0 spiro atoms. The third kappa shape index (κ3) is 68.7. The van der Waals surface area contributed by atoms with Gasteiger partial charge in [-0.15, -0.1) is 0 Å². The Bertz CT molecular complexity index is 1970. The first-order valence-corrected chi connectivity index (χ1v) is 42.2. The van der Waals surface area contributed by atoms with E-state index in [1.54, 1.807) is 0 Å². The first-order valence-electron chi connectivity index (χ1n) is 39.2. The van der Waals surface area contributed by atoms with Crippen LogP contribution < -0.4 is 0 Å². The zero-order valence-electron chi connectivity index (χ0n) is 62.3. The van der Waals surface area contributed by atoms with Crippen LogP contribution in [0.4, 0.5) is 0 Å². The third-order valence-electron chi connectivity index (χ3n) is 17.6. The normalized spacial score (nSPS) is 14.5. The molecule has 0 aromatic heterocycles. The molecule has 0 aliphatic carbocycles. The molecule has 0 saturated carbocycles. The average molecular weight is 1410 g/mol. The smallest absolute Gasteiger partial charge is 0.462 e. The number of phosphoric ester groups is 2. The Balaban J connectivity index is 5.28. The summed E-state index contributed by atoms with van der Waals surface area (Å²) in [6.45, 7) is 11.8. The number of ether oxygens (including phenoxy) is 4. The summed E-state index contributed by atoms with van der Waals surface area (Å²) in [4.78, 5) is 72.8. The Hall–Kier alpha value is -2.46. The molecule has 0 bridgehead atoms. The fraction of sp³-hybridized carbons (Fsp3) is 0.896. The van der Waals surface area contributed by atoms with Crippen LogP contribution >= 0.6 is 15.6 Å². The molecule has 3 unspecified atom stereocenters. The zero-order valence-corrected chi connectivity index (χ0v) is 64.1. The Morgan fingerprint density at radius 3 is 0.927 bits per heavy atom. The number of hydrogen-bond donors (Lipinski definition) is 3. The number of rotatable bonds is 73. The van der Waals surface area contributed by atoms with E-state index < -0.39 is 97.5 Å². The second kappa shape index (κ2) is 67.1. The van der Waals surface area contributed by atoms with Crippen molar-refractivity contribution in [1.29, 1.82) is 0 Å². The highest BCUT2D eigenvalue weighted by molar-refractivity contribution is 7.47.